The molecule has 2 atom stereocenters. The smallest absolute Gasteiger partial charge is 0.243 e. The molecule has 0 aliphatic carbocycles. The van der Waals surface area contributed by atoms with Gasteiger partial charge in [-0.15, -0.1) is 0 Å². The molecule has 0 aromatic heterocycles. The Kier molecular flexibility index (Phi) is 4.66. The molecule has 0 amide bonds. The van der Waals surface area contributed by atoms with Gasteiger partial charge >= 0.3 is 0 Å². The number of aliphatic hydroxyl groups is 1. The maximum absolute atomic E-state index is 13.1. The lowest BCUT2D eigenvalue weighted by Gasteiger charge is -2.36. The highest BCUT2D eigenvalue weighted by Gasteiger charge is 2.35. The second-order valence-electron chi connectivity index (χ2n) is 4.64. The maximum Gasteiger partial charge on any atom is 0.243 e. The van der Waals surface area contributed by atoms with Crippen LogP contribution in [-0.4, -0.2) is 49.7 Å². The fourth-order valence-corrected chi connectivity index (χ4v) is 3.93. The van der Waals surface area contributed by atoms with E-state index in [0.29, 0.717) is 0 Å². The normalized spacial score (nSPS) is 24.8. The highest BCUT2D eigenvalue weighted by Crippen LogP contribution is 2.25. The molecule has 1 aromatic rings. The first-order valence-corrected chi connectivity index (χ1v) is 7.87. The number of sulfonamides is 1. The molecule has 112 valence electrons. The molecule has 20 heavy (non-hydrogen) atoms. The van der Waals surface area contributed by atoms with Crippen molar-refractivity contribution in [3.8, 4) is 0 Å². The van der Waals surface area contributed by atoms with Crippen LogP contribution >= 0.6 is 11.6 Å². The molecule has 1 fully saturated rings. The lowest BCUT2D eigenvalue weighted by Crippen LogP contribution is -2.51. The van der Waals surface area contributed by atoms with Crippen molar-refractivity contribution in [2.24, 2.45) is 0 Å². The number of hydrogen-bond acceptors (Lipinski definition) is 4. The fraction of sp³-hybridized carbons (Fsp3) is 0.500. The zero-order valence-electron chi connectivity index (χ0n) is 10.8. The van der Waals surface area contributed by atoms with Crippen molar-refractivity contribution in [3.05, 3.63) is 29.0 Å². The highest BCUT2D eigenvalue weighted by molar-refractivity contribution is 7.89. The van der Waals surface area contributed by atoms with E-state index in [0.717, 1.165) is 12.1 Å². The topological polar surface area (TPSA) is 66.8 Å². The Labute approximate surface area is 122 Å². The average molecular weight is 324 g/mol. The van der Waals surface area contributed by atoms with E-state index < -0.39 is 21.9 Å². The first-order chi connectivity index (χ1) is 9.36. The van der Waals surface area contributed by atoms with Gasteiger partial charge in [0.2, 0.25) is 10.0 Å². The van der Waals surface area contributed by atoms with E-state index in [1.807, 2.05) is 0 Å². The summed E-state index contributed by atoms with van der Waals surface area (Å²) in [6.45, 7) is 1.69. The van der Waals surface area contributed by atoms with Gasteiger partial charge in [-0.1, -0.05) is 11.6 Å². The van der Waals surface area contributed by atoms with Gasteiger partial charge in [0.25, 0.3) is 0 Å². The molecule has 1 N–H and O–H groups in total. The van der Waals surface area contributed by atoms with Crippen LogP contribution in [0.2, 0.25) is 5.02 Å². The number of rotatable bonds is 3. The summed E-state index contributed by atoms with van der Waals surface area (Å²) in [5.74, 6) is -0.672. The molecule has 1 aliphatic rings. The molecule has 0 spiro atoms. The Morgan fingerprint density at radius 1 is 1.55 bits per heavy atom. The van der Waals surface area contributed by atoms with Gasteiger partial charge < -0.3 is 9.84 Å². The minimum Gasteiger partial charge on any atom is -0.394 e. The fourth-order valence-electron chi connectivity index (χ4n) is 2.01. The van der Waals surface area contributed by atoms with Crippen molar-refractivity contribution in [2.45, 2.75) is 24.0 Å². The van der Waals surface area contributed by atoms with Gasteiger partial charge in [-0.3, -0.25) is 0 Å². The molecular weight excluding hydrogens is 309 g/mol. The molecule has 1 aromatic carbocycles. The second kappa shape index (κ2) is 5.95. The number of nitrogens with zero attached hydrogens (tertiary/aromatic N) is 1. The molecule has 0 bridgehead atoms. The number of aliphatic hydroxyl groups excluding tert-OH is 1. The first-order valence-electron chi connectivity index (χ1n) is 6.05. The first kappa shape index (κ1) is 15.7. The number of halogens is 2. The van der Waals surface area contributed by atoms with Crippen LogP contribution in [0.3, 0.4) is 0 Å². The maximum atomic E-state index is 13.1. The molecule has 0 radical (unpaired) electrons. The van der Waals surface area contributed by atoms with E-state index in [1.165, 1.54) is 10.4 Å². The Morgan fingerprint density at radius 3 is 2.85 bits per heavy atom. The summed E-state index contributed by atoms with van der Waals surface area (Å²) in [6.07, 6.45) is -0.558. The minimum absolute atomic E-state index is 0.0506. The van der Waals surface area contributed by atoms with Gasteiger partial charge in [0.15, 0.2) is 0 Å². The Morgan fingerprint density at radius 2 is 2.25 bits per heavy atom. The number of benzene rings is 1. The Bertz CT molecular complexity index is 595. The standard InChI is InChI=1S/C12H15ClFNO4S/c1-8-7-19-9(6-16)5-15(8)20(17,18)10-2-3-12(14)11(13)4-10/h2-4,8-9,16H,5-7H2,1H3. The second-order valence-corrected chi connectivity index (χ2v) is 6.94. The molecule has 1 aliphatic heterocycles. The van der Waals surface area contributed by atoms with Crippen LogP contribution in [0.15, 0.2) is 23.1 Å². The summed E-state index contributed by atoms with van der Waals surface area (Å²) in [5.41, 5.74) is 0. The molecule has 1 saturated heterocycles. The highest BCUT2D eigenvalue weighted by atomic mass is 35.5. The summed E-state index contributed by atoms with van der Waals surface area (Å²) in [7, 11) is -3.80. The Balaban J connectivity index is 2.35. The molecule has 0 saturated carbocycles. The van der Waals surface area contributed by atoms with E-state index >= 15 is 0 Å². The third-order valence-corrected chi connectivity index (χ3v) is 5.42. The van der Waals surface area contributed by atoms with Crippen LogP contribution in [0.1, 0.15) is 6.92 Å². The van der Waals surface area contributed by atoms with Gasteiger partial charge in [0.05, 0.1) is 29.2 Å². The monoisotopic (exact) mass is 323 g/mol. The predicted molar refractivity (Wildman–Crippen MR) is 71.6 cm³/mol. The number of hydrogen-bond donors (Lipinski definition) is 1. The van der Waals surface area contributed by atoms with Crippen LogP contribution in [0.4, 0.5) is 4.39 Å². The van der Waals surface area contributed by atoms with Gasteiger partial charge in [-0.05, 0) is 25.1 Å². The zero-order valence-corrected chi connectivity index (χ0v) is 12.4. The van der Waals surface area contributed by atoms with Gasteiger partial charge in [-0.25, -0.2) is 12.8 Å². The van der Waals surface area contributed by atoms with Crippen molar-refractivity contribution in [2.75, 3.05) is 19.8 Å². The number of ether oxygens (including phenoxy) is 1. The molecule has 8 heteroatoms. The van der Waals surface area contributed by atoms with Crippen molar-refractivity contribution < 1.29 is 22.7 Å². The number of morpholine rings is 1. The minimum atomic E-state index is -3.80. The van der Waals surface area contributed by atoms with E-state index in [1.54, 1.807) is 6.92 Å². The van der Waals surface area contributed by atoms with E-state index in [9.17, 15) is 12.8 Å². The van der Waals surface area contributed by atoms with Gasteiger partial charge in [-0.2, -0.15) is 4.31 Å². The molecule has 2 rings (SSSR count). The van der Waals surface area contributed by atoms with Crippen LogP contribution in [0.5, 0.6) is 0 Å². The van der Waals surface area contributed by atoms with Crippen LogP contribution < -0.4 is 0 Å². The van der Waals surface area contributed by atoms with Crippen molar-refractivity contribution in [1.29, 1.82) is 0 Å². The largest absolute Gasteiger partial charge is 0.394 e. The third-order valence-electron chi connectivity index (χ3n) is 3.15. The van der Waals surface area contributed by atoms with E-state index in [2.05, 4.69) is 0 Å². The van der Waals surface area contributed by atoms with E-state index in [-0.39, 0.29) is 35.7 Å². The predicted octanol–water partition coefficient (Wildman–Crippen LogP) is 1.25. The summed E-state index contributed by atoms with van der Waals surface area (Å²) in [6, 6.07) is 2.91. The van der Waals surface area contributed by atoms with Crippen molar-refractivity contribution in [3.63, 3.8) is 0 Å². The summed E-state index contributed by atoms with van der Waals surface area (Å²) >= 11 is 5.63. The zero-order chi connectivity index (χ0) is 14.9. The lowest BCUT2D eigenvalue weighted by atomic mass is 10.2. The lowest BCUT2D eigenvalue weighted by molar-refractivity contribution is -0.0516. The van der Waals surface area contributed by atoms with Crippen LogP contribution in [-0.2, 0) is 14.8 Å². The SMILES string of the molecule is CC1COC(CO)CN1S(=O)(=O)c1ccc(F)c(Cl)c1. The molecular formula is C12H15ClFNO4S. The van der Waals surface area contributed by atoms with Crippen molar-refractivity contribution in [1.82, 2.24) is 4.31 Å². The average Bonchev–Trinajstić information content (AvgIpc) is 2.42. The van der Waals surface area contributed by atoms with Crippen molar-refractivity contribution >= 4 is 21.6 Å². The van der Waals surface area contributed by atoms with E-state index in [4.69, 9.17) is 21.4 Å². The quantitative estimate of drug-likeness (QED) is 0.909. The molecule has 1 heterocycles. The third kappa shape index (κ3) is 2.96. The van der Waals surface area contributed by atoms with Gasteiger partial charge in [0, 0.05) is 12.6 Å². The summed E-state index contributed by atoms with van der Waals surface area (Å²) in [4.78, 5) is -0.0747. The van der Waals surface area contributed by atoms with Crippen LogP contribution in [0, 0.1) is 5.82 Å². The van der Waals surface area contributed by atoms with Gasteiger partial charge in [0.1, 0.15) is 5.82 Å². The molecule has 5 nitrogen and oxygen atoms in total. The Hall–Kier alpha value is -0.730. The molecule has 2 unspecified atom stereocenters. The summed E-state index contributed by atoms with van der Waals surface area (Å²) in [5, 5.41) is 8.85. The van der Waals surface area contributed by atoms with Crippen LogP contribution in [0.25, 0.3) is 0 Å². The summed E-state index contributed by atoms with van der Waals surface area (Å²) < 4.78 is 44.7.